The lowest BCUT2D eigenvalue weighted by atomic mass is 10.0. The van der Waals surface area contributed by atoms with Crippen LogP contribution in [0.5, 0.6) is 0 Å². The molecule has 1 N–H and O–H groups in total. The normalized spacial score (nSPS) is 14.1. The van der Waals surface area contributed by atoms with Crippen molar-refractivity contribution in [3.8, 4) is 0 Å². The van der Waals surface area contributed by atoms with Gasteiger partial charge in [-0.15, -0.1) is 0 Å². The quantitative estimate of drug-likeness (QED) is 0.850. The molecule has 2 aromatic rings. The van der Waals surface area contributed by atoms with Gasteiger partial charge >= 0.3 is 0 Å². The Hall–Kier alpha value is -1.67. The van der Waals surface area contributed by atoms with Gasteiger partial charge in [0.25, 0.3) is 0 Å². The third-order valence-corrected chi connectivity index (χ3v) is 3.27. The number of benzene rings is 2. The molecule has 0 aliphatic rings. The molecule has 0 amide bonds. The summed E-state index contributed by atoms with van der Waals surface area (Å²) in [5, 5.41) is 3.51. The topological polar surface area (TPSA) is 12.0 Å². The minimum Gasteiger partial charge on any atom is -0.307 e. The van der Waals surface area contributed by atoms with Crippen LogP contribution >= 0.6 is 0 Å². The SMILES string of the molecule is CC(Cc1ccccc1)N[C@@H](C)c1cccc(F)c1. The summed E-state index contributed by atoms with van der Waals surface area (Å²) in [6, 6.07) is 17.7. The Labute approximate surface area is 114 Å². The molecule has 2 aromatic carbocycles. The first kappa shape index (κ1) is 13.8. The Morgan fingerprint density at radius 2 is 1.74 bits per heavy atom. The van der Waals surface area contributed by atoms with Crippen molar-refractivity contribution < 1.29 is 4.39 Å². The van der Waals surface area contributed by atoms with Crippen LogP contribution in [-0.4, -0.2) is 6.04 Å². The minimum atomic E-state index is -0.179. The van der Waals surface area contributed by atoms with E-state index in [1.54, 1.807) is 12.1 Å². The fraction of sp³-hybridized carbons (Fsp3) is 0.294. The van der Waals surface area contributed by atoms with Crippen molar-refractivity contribution in [2.24, 2.45) is 0 Å². The van der Waals surface area contributed by atoms with Gasteiger partial charge in [0.2, 0.25) is 0 Å². The largest absolute Gasteiger partial charge is 0.307 e. The summed E-state index contributed by atoms with van der Waals surface area (Å²) in [6.45, 7) is 4.22. The van der Waals surface area contributed by atoms with Crippen LogP contribution in [-0.2, 0) is 6.42 Å². The van der Waals surface area contributed by atoms with Crippen LogP contribution in [0.25, 0.3) is 0 Å². The molecule has 100 valence electrons. The molecule has 2 heteroatoms. The van der Waals surface area contributed by atoms with Crippen molar-refractivity contribution >= 4 is 0 Å². The van der Waals surface area contributed by atoms with Crippen LogP contribution in [0.15, 0.2) is 54.6 Å². The summed E-state index contributed by atoms with van der Waals surface area (Å²) in [5.41, 5.74) is 2.30. The first-order valence-electron chi connectivity index (χ1n) is 6.70. The average Bonchev–Trinajstić information content (AvgIpc) is 2.39. The molecule has 0 aliphatic heterocycles. The van der Waals surface area contributed by atoms with E-state index in [-0.39, 0.29) is 11.9 Å². The fourth-order valence-corrected chi connectivity index (χ4v) is 2.33. The van der Waals surface area contributed by atoms with E-state index in [0.29, 0.717) is 6.04 Å². The zero-order chi connectivity index (χ0) is 13.7. The van der Waals surface area contributed by atoms with E-state index in [2.05, 4.69) is 43.4 Å². The summed E-state index contributed by atoms with van der Waals surface area (Å²) >= 11 is 0. The first-order valence-corrected chi connectivity index (χ1v) is 6.70. The molecule has 1 nitrogen and oxygen atoms in total. The van der Waals surface area contributed by atoms with Gasteiger partial charge in [0.15, 0.2) is 0 Å². The van der Waals surface area contributed by atoms with E-state index < -0.39 is 0 Å². The van der Waals surface area contributed by atoms with Gasteiger partial charge in [-0.3, -0.25) is 0 Å². The maximum absolute atomic E-state index is 13.2. The molecule has 0 spiro atoms. The molecule has 0 saturated carbocycles. The molecule has 0 radical (unpaired) electrons. The number of nitrogens with one attached hydrogen (secondary N) is 1. The number of hydrogen-bond acceptors (Lipinski definition) is 1. The van der Waals surface area contributed by atoms with Crippen molar-refractivity contribution in [3.05, 3.63) is 71.5 Å². The summed E-state index contributed by atoms with van der Waals surface area (Å²) in [6.07, 6.45) is 0.973. The van der Waals surface area contributed by atoms with Gasteiger partial charge in [-0.1, -0.05) is 42.5 Å². The van der Waals surface area contributed by atoms with Crippen molar-refractivity contribution in [2.75, 3.05) is 0 Å². The van der Waals surface area contributed by atoms with Gasteiger partial charge in [0.1, 0.15) is 5.82 Å². The fourth-order valence-electron chi connectivity index (χ4n) is 2.33. The molecule has 1 unspecified atom stereocenters. The van der Waals surface area contributed by atoms with Crippen LogP contribution in [0.3, 0.4) is 0 Å². The average molecular weight is 257 g/mol. The Bertz CT molecular complexity index is 510. The standard InChI is InChI=1S/C17H20FN/c1-13(11-15-7-4-3-5-8-15)19-14(2)16-9-6-10-17(18)12-16/h3-10,12-14,19H,11H2,1-2H3/t13?,14-/m0/s1. The highest BCUT2D eigenvalue weighted by Crippen LogP contribution is 2.15. The van der Waals surface area contributed by atoms with E-state index in [4.69, 9.17) is 0 Å². The number of hydrogen-bond donors (Lipinski definition) is 1. The van der Waals surface area contributed by atoms with Gasteiger partial charge in [-0.2, -0.15) is 0 Å². The van der Waals surface area contributed by atoms with Gasteiger partial charge in [-0.25, -0.2) is 4.39 Å². The highest BCUT2D eigenvalue weighted by atomic mass is 19.1. The van der Waals surface area contributed by atoms with Crippen LogP contribution < -0.4 is 5.32 Å². The van der Waals surface area contributed by atoms with E-state index in [1.165, 1.54) is 11.6 Å². The van der Waals surface area contributed by atoms with Crippen LogP contribution in [0, 0.1) is 5.82 Å². The molecule has 2 atom stereocenters. The minimum absolute atomic E-state index is 0.148. The van der Waals surface area contributed by atoms with E-state index >= 15 is 0 Å². The van der Waals surface area contributed by atoms with Crippen molar-refractivity contribution in [1.82, 2.24) is 5.32 Å². The number of rotatable bonds is 5. The predicted molar refractivity (Wildman–Crippen MR) is 77.6 cm³/mol. The Balaban J connectivity index is 1.93. The third kappa shape index (κ3) is 4.18. The smallest absolute Gasteiger partial charge is 0.123 e. The Morgan fingerprint density at radius 3 is 2.42 bits per heavy atom. The van der Waals surface area contributed by atoms with E-state index in [0.717, 1.165) is 12.0 Å². The predicted octanol–water partition coefficient (Wildman–Crippen LogP) is 4.11. The molecule has 2 rings (SSSR count). The lowest BCUT2D eigenvalue weighted by Crippen LogP contribution is -2.30. The molecule has 0 heterocycles. The molecule has 0 fully saturated rings. The Morgan fingerprint density at radius 1 is 1.00 bits per heavy atom. The number of halogens is 1. The molecule has 0 bridgehead atoms. The highest BCUT2D eigenvalue weighted by molar-refractivity contribution is 5.20. The summed E-state index contributed by atoms with van der Waals surface area (Å²) < 4.78 is 13.2. The second-order valence-corrected chi connectivity index (χ2v) is 5.03. The second kappa shape index (κ2) is 6.48. The maximum atomic E-state index is 13.2. The maximum Gasteiger partial charge on any atom is 0.123 e. The van der Waals surface area contributed by atoms with Crippen molar-refractivity contribution in [1.29, 1.82) is 0 Å². The highest BCUT2D eigenvalue weighted by Gasteiger charge is 2.10. The molecule has 19 heavy (non-hydrogen) atoms. The van der Waals surface area contributed by atoms with Gasteiger partial charge in [-0.05, 0) is 43.5 Å². The van der Waals surface area contributed by atoms with Crippen LogP contribution in [0.2, 0.25) is 0 Å². The van der Waals surface area contributed by atoms with Crippen molar-refractivity contribution in [3.63, 3.8) is 0 Å². The van der Waals surface area contributed by atoms with E-state index in [1.807, 2.05) is 12.1 Å². The van der Waals surface area contributed by atoms with Gasteiger partial charge < -0.3 is 5.32 Å². The third-order valence-electron chi connectivity index (χ3n) is 3.27. The second-order valence-electron chi connectivity index (χ2n) is 5.03. The van der Waals surface area contributed by atoms with Gasteiger partial charge in [0.05, 0.1) is 0 Å². The van der Waals surface area contributed by atoms with Crippen LogP contribution in [0.1, 0.15) is 31.0 Å². The van der Waals surface area contributed by atoms with Crippen LogP contribution in [0.4, 0.5) is 4.39 Å². The molecular weight excluding hydrogens is 237 g/mol. The molecule has 0 aromatic heterocycles. The monoisotopic (exact) mass is 257 g/mol. The summed E-state index contributed by atoms with van der Waals surface area (Å²) in [5.74, 6) is -0.179. The lowest BCUT2D eigenvalue weighted by molar-refractivity contribution is 0.475. The van der Waals surface area contributed by atoms with Gasteiger partial charge in [0, 0.05) is 12.1 Å². The zero-order valence-corrected chi connectivity index (χ0v) is 11.4. The molecule has 0 aliphatic carbocycles. The molecular formula is C17H20FN. The first-order chi connectivity index (χ1) is 9.15. The van der Waals surface area contributed by atoms with E-state index in [9.17, 15) is 4.39 Å². The molecule has 0 saturated heterocycles. The summed E-state index contributed by atoms with van der Waals surface area (Å²) in [4.78, 5) is 0. The van der Waals surface area contributed by atoms with Crippen molar-refractivity contribution in [2.45, 2.75) is 32.4 Å². The lowest BCUT2D eigenvalue weighted by Gasteiger charge is -2.20. The zero-order valence-electron chi connectivity index (χ0n) is 11.4. The Kier molecular flexibility index (Phi) is 4.69. The summed E-state index contributed by atoms with van der Waals surface area (Å²) in [7, 11) is 0.